The first-order valence-electron chi connectivity index (χ1n) is 3.67. The molecule has 70 valence electrons. The number of para-hydroxylation sites is 1. The Kier molecular flexibility index (Phi) is 3.93. The lowest BCUT2D eigenvalue weighted by molar-refractivity contribution is 0.365. The number of nitrogen functional groups attached to an aromatic ring is 1. The van der Waals surface area contributed by atoms with E-state index in [1.807, 2.05) is 0 Å². The summed E-state index contributed by atoms with van der Waals surface area (Å²) in [5.41, 5.74) is 7.54. The highest BCUT2D eigenvalue weighted by atomic mass is 35.5. The van der Waals surface area contributed by atoms with Crippen molar-refractivity contribution in [3.8, 4) is 5.75 Å². The minimum atomic E-state index is 0.359. The second kappa shape index (κ2) is 5.00. The number of hydrogen-bond donors (Lipinski definition) is 1. The van der Waals surface area contributed by atoms with Gasteiger partial charge in [0.25, 0.3) is 0 Å². The van der Waals surface area contributed by atoms with Crippen LogP contribution < -0.4 is 10.5 Å². The molecule has 0 aliphatic rings. The van der Waals surface area contributed by atoms with Gasteiger partial charge in [-0.25, -0.2) is 0 Å². The Morgan fingerprint density at radius 2 is 2.23 bits per heavy atom. The topological polar surface area (TPSA) is 35.2 Å². The fourth-order valence-electron chi connectivity index (χ4n) is 0.846. The lowest BCUT2D eigenvalue weighted by Gasteiger charge is -2.07. The second-order valence-electron chi connectivity index (χ2n) is 2.33. The summed E-state index contributed by atoms with van der Waals surface area (Å²) >= 11 is 11.2. The van der Waals surface area contributed by atoms with Crippen molar-refractivity contribution >= 4 is 28.9 Å². The van der Waals surface area contributed by atoms with Crippen LogP contribution in [0.5, 0.6) is 5.75 Å². The molecule has 0 radical (unpaired) electrons. The van der Waals surface area contributed by atoms with E-state index in [0.717, 1.165) is 0 Å². The van der Waals surface area contributed by atoms with Crippen LogP contribution in [0, 0.1) is 0 Å². The fourth-order valence-corrected chi connectivity index (χ4v) is 1.15. The van der Waals surface area contributed by atoms with Crippen molar-refractivity contribution in [2.24, 2.45) is 0 Å². The molecule has 2 N–H and O–H groups in total. The standard InChI is InChI=1S/C9H9Cl2NO/c10-5-2-6-13-9-7(11)3-1-4-8(9)12/h1-5H,6,12H2/b5-2+. The number of ether oxygens (including phenoxy) is 1. The fraction of sp³-hybridized carbons (Fsp3) is 0.111. The molecule has 0 atom stereocenters. The van der Waals surface area contributed by atoms with E-state index in [1.165, 1.54) is 5.54 Å². The summed E-state index contributed by atoms with van der Waals surface area (Å²) in [6, 6.07) is 5.21. The van der Waals surface area contributed by atoms with Crippen LogP contribution in [0.2, 0.25) is 5.02 Å². The van der Waals surface area contributed by atoms with E-state index in [2.05, 4.69) is 0 Å². The normalized spacial score (nSPS) is 10.6. The van der Waals surface area contributed by atoms with Crippen LogP contribution in [0.1, 0.15) is 0 Å². The van der Waals surface area contributed by atoms with Gasteiger partial charge in [0.15, 0.2) is 5.75 Å². The molecule has 0 aliphatic carbocycles. The number of nitrogens with two attached hydrogens (primary N) is 1. The van der Waals surface area contributed by atoms with Crippen molar-refractivity contribution in [2.45, 2.75) is 0 Å². The molecule has 0 amide bonds. The molecule has 0 spiro atoms. The summed E-state index contributed by atoms with van der Waals surface area (Å²) in [5.74, 6) is 0.499. The number of hydrogen-bond acceptors (Lipinski definition) is 2. The first-order chi connectivity index (χ1) is 6.25. The van der Waals surface area contributed by atoms with Gasteiger partial charge in [0.2, 0.25) is 0 Å². The van der Waals surface area contributed by atoms with Gasteiger partial charge in [-0.05, 0) is 18.2 Å². The van der Waals surface area contributed by atoms with Crippen LogP contribution in [-0.4, -0.2) is 6.61 Å². The molecule has 0 unspecified atom stereocenters. The smallest absolute Gasteiger partial charge is 0.161 e. The van der Waals surface area contributed by atoms with E-state index in [1.54, 1.807) is 24.3 Å². The molecular formula is C9H9Cl2NO. The van der Waals surface area contributed by atoms with E-state index in [9.17, 15) is 0 Å². The number of anilines is 1. The van der Waals surface area contributed by atoms with Crippen LogP contribution in [0.25, 0.3) is 0 Å². The van der Waals surface area contributed by atoms with Gasteiger partial charge in [-0.2, -0.15) is 0 Å². The zero-order valence-electron chi connectivity index (χ0n) is 6.84. The Bertz CT molecular complexity index is 292. The molecule has 1 aromatic carbocycles. The molecule has 13 heavy (non-hydrogen) atoms. The Balaban J connectivity index is 2.75. The van der Waals surface area contributed by atoms with Crippen molar-refractivity contribution in [3.63, 3.8) is 0 Å². The highest BCUT2D eigenvalue weighted by Gasteiger charge is 2.03. The third-order valence-electron chi connectivity index (χ3n) is 1.41. The van der Waals surface area contributed by atoms with Gasteiger partial charge in [-0.15, -0.1) is 0 Å². The Hall–Kier alpha value is -0.860. The lowest BCUT2D eigenvalue weighted by atomic mass is 10.3. The van der Waals surface area contributed by atoms with Gasteiger partial charge in [-0.3, -0.25) is 0 Å². The highest BCUT2D eigenvalue weighted by molar-refractivity contribution is 6.32. The van der Waals surface area contributed by atoms with Gasteiger partial charge in [0.05, 0.1) is 10.7 Å². The molecule has 0 bridgehead atoms. The van der Waals surface area contributed by atoms with Gasteiger partial charge in [0.1, 0.15) is 6.61 Å². The van der Waals surface area contributed by atoms with Crippen LogP contribution in [0.15, 0.2) is 29.8 Å². The minimum Gasteiger partial charge on any atom is -0.486 e. The van der Waals surface area contributed by atoms with E-state index in [-0.39, 0.29) is 0 Å². The monoisotopic (exact) mass is 217 g/mol. The number of halogens is 2. The maximum Gasteiger partial charge on any atom is 0.161 e. The second-order valence-corrected chi connectivity index (χ2v) is 2.99. The third kappa shape index (κ3) is 2.83. The lowest BCUT2D eigenvalue weighted by Crippen LogP contribution is -1.98. The predicted octanol–water partition coefficient (Wildman–Crippen LogP) is 3.05. The third-order valence-corrected chi connectivity index (χ3v) is 1.89. The van der Waals surface area contributed by atoms with E-state index < -0.39 is 0 Å². The SMILES string of the molecule is Nc1cccc(Cl)c1OC/C=C/Cl. The molecular weight excluding hydrogens is 209 g/mol. The molecule has 0 fully saturated rings. The van der Waals surface area contributed by atoms with E-state index in [4.69, 9.17) is 33.7 Å². The van der Waals surface area contributed by atoms with E-state index in [0.29, 0.717) is 23.1 Å². The van der Waals surface area contributed by atoms with Gasteiger partial charge in [-0.1, -0.05) is 29.3 Å². The van der Waals surface area contributed by atoms with Gasteiger partial charge >= 0.3 is 0 Å². The predicted molar refractivity (Wildman–Crippen MR) is 56.4 cm³/mol. The molecule has 2 nitrogen and oxygen atoms in total. The van der Waals surface area contributed by atoms with Crippen LogP contribution >= 0.6 is 23.2 Å². The van der Waals surface area contributed by atoms with Crippen molar-refractivity contribution < 1.29 is 4.74 Å². The molecule has 0 aromatic heterocycles. The average Bonchev–Trinajstić information content (AvgIpc) is 2.10. The molecule has 1 aromatic rings. The maximum atomic E-state index is 5.85. The van der Waals surface area contributed by atoms with Crippen LogP contribution in [0.3, 0.4) is 0 Å². The maximum absolute atomic E-state index is 5.85. The van der Waals surface area contributed by atoms with Crippen molar-refractivity contribution in [1.29, 1.82) is 0 Å². The quantitative estimate of drug-likeness (QED) is 0.791. The van der Waals surface area contributed by atoms with E-state index >= 15 is 0 Å². The summed E-state index contributed by atoms with van der Waals surface area (Å²) in [6.45, 7) is 0.359. The van der Waals surface area contributed by atoms with Crippen molar-refractivity contribution in [3.05, 3.63) is 34.8 Å². The summed E-state index contributed by atoms with van der Waals surface area (Å²) in [4.78, 5) is 0. The zero-order chi connectivity index (χ0) is 9.68. The van der Waals surface area contributed by atoms with Gasteiger partial charge < -0.3 is 10.5 Å². The molecule has 1 rings (SSSR count). The summed E-state index contributed by atoms with van der Waals surface area (Å²) in [6.07, 6.45) is 1.66. The average molecular weight is 218 g/mol. The highest BCUT2D eigenvalue weighted by Crippen LogP contribution is 2.30. The Morgan fingerprint density at radius 1 is 1.46 bits per heavy atom. The first-order valence-corrected chi connectivity index (χ1v) is 4.49. The van der Waals surface area contributed by atoms with Crippen LogP contribution in [0.4, 0.5) is 5.69 Å². The van der Waals surface area contributed by atoms with Crippen LogP contribution in [-0.2, 0) is 0 Å². The summed E-state index contributed by atoms with van der Waals surface area (Å²) in [5, 5.41) is 0.503. The molecule has 0 saturated carbocycles. The van der Waals surface area contributed by atoms with Gasteiger partial charge in [0, 0.05) is 5.54 Å². The first kappa shape index (κ1) is 10.2. The number of rotatable bonds is 3. The molecule has 0 aliphatic heterocycles. The van der Waals surface area contributed by atoms with Crippen molar-refractivity contribution in [1.82, 2.24) is 0 Å². The minimum absolute atomic E-state index is 0.359. The zero-order valence-corrected chi connectivity index (χ0v) is 8.35. The molecule has 4 heteroatoms. The molecule has 0 heterocycles. The number of benzene rings is 1. The Labute approximate surface area is 86.9 Å². The molecule has 0 saturated heterocycles. The largest absolute Gasteiger partial charge is 0.486 e. The summed E-state index contributed by atoms with van der Waals surface area (Å²) in [7, 11) is 0. The summed E-state index contributed by atoms with van der Waals surface area (Å²) < 4.78 is 5.28. The van der Waals surface area contributed by atoms with Crippen molar-refractivity contribution in [2.75, 3.05) is 12.3 Å². The Morgan fingerprint density at radius 3 is 2.85 bits per heavy atom.